The zero-order valence-electron chi connectivity index (χ0n) is 28.4. The lowest BCUT2D eigenvalue weighted by atomic mass is 9.33. The first kappa shape index (κ1) is 32.5. The van der Waals surface area contributed by atoms with E-state index in [1.807, 2.05) is 13.8 Å². The number of ether oxygens (including phenoxy) is 1. The molecule has 0 amide bonds. The van der Waals surface area contributed by atoms with E-state index in [1.54, 1.807) is 0 Å². The predicted molar refractivity (Wildman–Crippen MR) is 167 cm³/mol. The van der Waals surface area contributed by atoms with Crippen molar-refractivity contribution in [3.8, 4) is 0 Å². The monoisotopic (exact) mass is 598 g/mol. The summed E-state index contributed by atoms with van der Waals surface area (Å²) < 4.78 is 6.20. The van der Waals surface area contributed by atoms with Crippen LogP contribution in [0.2, 0.25) is 0 Å². The molecule has 4 fully saturated rings. The fourth-order valence-electron chi connectivity index (χ4n) is 11.9. The number of hydrogen-bond donors (Lipinski definition) is 2. The number of carboxylic acids is 2. The number of esters is 1. The number of carboxylic acid groups (broad SMARTS) is 2. The first-order valence-electron chi connectivity index (χ1n) is 17.0. The molecular formula is C37H58O6. The van der Waals surface area contributed by atoms with Crippen LogP contribution >= 0.6 is 0 Å². The van der Waals surface area contributed by atoms with Crippen LogP contribution in [-0.4, -0.2) is 34.2 Å². The summed E-state index contributed by atoms with van der Waals surface area (Å²) >= 11 is 0. The molecule has 0 aromatic carbocycles. The maximum Gasteiger partial charge on any atom is 0.310 e. The molecule has 0 aromatic rings. The van der Waals surface area contributed by atoms with Gasteiger partial charge in [-0.05, 0) is 109 Å². The van der Waals surface area contributed by atoms with Gasteiger partial charge in [-0.1, -0.05) is 74.0 Å². The molecule has 0 aliphatic heterocycles. The van der Waals surface area contributed by atoms with Crippen LogP contribution in [0.3, 0.4) is 0 Å². The maximum absolute atomic E-state index is 13.1. The molecule has 2 N–H and O–H groups in total. The third-order valence-electron chi connectivity index (χ3n) is 14.5. The van der Waals surface area contributed by atoms with Gasteiger partial charge in [-0.3, -0.25) is 14.4 Å². The second kappa shape index (κ2) is 10.1. The van der Waals surface area contributed by atoms with Crippen LogP contribution in [0.1, 0.15) is 139 Å². The van der Waals surface area contributed by atoms with Gasteiger partial charge in [0.25, 0.3) is 0 Å². The van der Waals surface area contributed by atoms with Gasteiger partial charge in [-0.25, -0.2) is 0 Å². The van der Waals surface area contributed by atoms with E-state index < -0.39 is 22.8 Å². The quantitative estimate of drug-likeness (QED) is 0.234. The number of hydrogen-bond acceptors (Lipinski definition) is 4. The number of aliphatic carboxylic acids is 2. The van der Waals surface area contributed by atoms with E-state index in [4.69, 9.17) is 4.74 Å². The van der Waals surface area contributed by atoms with Gasteiger partial charge in [0, 0.05) is 5.41 Å². The van der Waals surface area contributed by atoms with Gasteiger partial charge in [0.15, 0.2) is 0 Å². The SMILES string of the molecule is CC(C)(CC(=O)O)CC(=O)OC1CC[C@]2(C)[C@H]3CC=C4[C@@H]5CC(C)(C)CC[C@]5(C(=O)O)CC[C@@]4(C)[C@]3(C)CC[C@H]2C1(C)C. The minimum Gasteiger partial charge on any atom is -0.481 e. The summed E-state index contributed by atoms with van der Waals surface area (Å²) in [6.07, 6.45) is 11.9. The average Bonchev–Trinajstić information content (AvgIpc) is 2.84. The van der Waals surface area contributed by atoms with Crippen molar-refractivity contribution in [3.05, 3.63) is 11.6 Å². The number of allylic oxidation sites excluding steroid dienone is 2. The Balaban J connectivity index is 1.42. The van der Waals surface area contributed by atoms with E-state index in [-0.39, 0.29) is 57.9 Å². The lowest BCUT2D eigenvalue weighted by molar-refractivity contribution is -0.214. The van der Waals surface area contributed by atoms with E-state index in [9.17, 15) is 24.6 Å². The van der Waals surface area contributed by atoms with Crippen LogP contribution < -0.4 is 0 Å². The van der Waals surface area contributed by atoms with Crippen molar-refractivity contribution in [3.63, 3.8) is 0 Å². The Morgan fingerprint density at radius 1 is 0.860 bits per heavy atom. The molecule has 43 heavy (non-hydrogen) atoms. The lowest BCUT2D eigenvalue weighted by Gasteiger charge is -2.71. The summed E-state index contributed by atoms with van der Waals surface area (Å²) in [6, 6.07) is 0. The lowest BCUT2D eigenvalue weighted by Crippen LogP contribution is -2.65. The van der Waals surface area contributed by atoms with Crippen LogP contribution in [0.25, 0.3) is 0 Å². The van der Waals surface area contributed by atoms with Crippen LogP contribution in [-0.2, 0) is 19.1 Å². The van der Waals surface area contributed by atoms with E-state index in [1.165, 1.54) is 5.57 Å². The minimum atomic E-state index is -0.894. The van der Waals surface area contributed by atoms with Crippen molar-refractivity contribution in [2.24, 2.45) is 55.7 Å². The topological polar surface area (TPSA) is 101 Å². The predicted octanol–water partition coefficient (Wildman–Crippen LogP) is 8.68. The molecule has 5 aliphatic rings. The van der Waals surface area contributed by atoms with E-state index >= 15 is 0 Å². The van der Waals surface area contributed by atoms with Crippen molar-refractivity contribution >= 4 is 17.9 Å². The number of rotatable bonds is 6. The van der Waals surface area contributed by atoms with Gasteiger partial charge in [-0.15, -0.1) is 0 Å². The fraction of sp³-hybridized carbons (Fsp3) is 0.865. The fourth-order valence-corrected chi connectivity index (χ4v) is 11.9. The standard InChI is InChI=1S/C37H58O6/c1-31(2)16-18-37(30(41)42)19-17-35(8)23(24(37)20-31)10-11-26-34(7)14-13-27(33(5,6)25(34)12-15-36(26,35)9)43-29(40)22-32(3,4)21-28(38)39/h10,24-27H,11-22H2,1-9H3,(H,38,39)(H,41,42)/t24-,25-,26+,27?,34-,35+,36+,37-/m0/s1. The molecule has 0 heterocycles. The Labute approximate surface area is 259 Å². The Morgan fingerprint density at radius 2 is 1.51 bits per heavy atom. The van der Waals surface area contributed by atoms with Crippen molar-refractivity contribution in [2.75, 3.05) is 0 Å². The van der Waals surface area contributed by atoms with Crippen LogP contribution in [0.15, 0.2) is 11.6 Å². The highest BCUT2D eigenvalue weighted by Crippen LogP contribution is 2.75. The Bertz CT molecular complexity index is 1210. The van der Waals surface area contributed by atoms with Gasteiger partial charge < -0.3 is 14.9 Å². The summed E-state index contributed by atoms with van der Waals surface area (Å²) in [4.78, 5) is 37.3. The molecule has 5 aliphatic carbocycles. The molecule has 6 nitrogen and oxygen atoms in total. The van der Waals surface area contributed by atoms with E-state index in [0.29, 0.717) is 11.8 Å². The molecular weight excluding hydrogens is 540 g/mol. The van der Waals surface area contributed by atoms with Crippen LogP contribution in [0.5, 0.6) is 0 Å². The molecule has 4 saturated carbocycles. The highest BCUT2D eigenvalue weighted by Gasteiger charge is 2.69. The summed E-state index contributed by atoms with van der Waals surface area (Å²) in [7, 11) is 0. The molecule has 0 radical (unpaired) electrons. The third-order valence-corrected chi connectivity index (χ3v) is 14.5. The molecule has 6 heteroatoms. The molecule has 0 spiro atoms. The summed E-state index contributed by atoms with van der Waals surface area (Å²) in [5, 5.41) is 19.9. The van der Waals surface area contributed by atoms with Gasteiger partial charge in [0.1, 0.15) is 6.10 Å². The highest BCUT2D eigenvalue weighted by atomic mass is 16.5. The molecule has 8 atom stereocenters. The van der Waals surface area contributed by atoms with Gasteiger partial charge >= 0.3 is 17.9 Å². The van der Waals surface area contributed by atoms with Crippen molar-refractivity contribution in [2.45, 2.75) is 145 Å². The Kier molecular flexibility index (Phi) is 7.63. The van der Waals surface area contributed by atoms with Crippen molar-refractivity contribution in [1.82, 2.24) is 0 Å². The Morgan fingerprint density at radius 3 is 2.14 bits per heavy atom. The van der Waals surface area contributed by atoms with E-state index in [0.717, 1.165) is 64.2 Å². The van der Waals surface area contributed by atoms with Gasteiger partial charge in [0.2, 0.25) is 0 Å². The largest absolute Gasteiger partial charge is 0.481 e. The summed E-state index contributed by atoms with van der Waals surface area (Å²) in [6.45, 7) is 20.4. The molecule has 242 valence electrons. The first-order chi connectivity index (χ1) is 19.6. The molecule has 0 saturated heterocycles. The summed E-state index contributed by atoms with van der Waals surface area (Å²) in [5.74, 6) is -0.745. The zero-order valence-corrected chi connectivity index (χ0v) is 28.4. The number of carbonyl (C=O) groups excluding carboxylic acids is 1. The zero-order chi connectivity index (χ0) is 32.0. The normalized spacial score (nSPS) is 43.1. The van der Waals surface area contributed by atoms with Gasteiger partial charge in [0.05, 0.1) is 18.3 Å². The highest BCUT2D eigenvalue weighted by molar-refractivity contribution is 5.76. The molecule has 0 aromatic heterocycles. The summed E-state index contributed by atoms with van der Waals surface area (Å²) in [5.41, 5.74) is 0.348. The molecule has 1 unspecified atom stereocenters. The Hall–Kier alpha value is -1.85. The second-order valence-electron chi connectivity index (χ2n) is 18.4. The van der Waals surface area contributed by atoms with Crippen LogP contribution in [0.4, 0.5) is 0 Å². The van der Waals surface area contributed by atoms with Crippen molar-refractivity contribution < 1.29 is 29.3 Å². The minimum absolute atomic E-state index is 0.00981. The van der Waals surface area contributed by atoms with Crippen molar-refractivity contribution in [1.29, 1.82) is 0 Å². The molecule has 5 rings (SSSR count). The van der Waals surface area contributed by atoms with Crippen LogP contribution in [0, 0.1) is 55.7 Å². The van der Waals surface area contributed by atoms with E-state index in [2.05, 4.69) is 54.5 Å². The maximum atomic E-state index is 13.1. The third kappa shape index (κ3) is 4.90. The molecule has 0 bridgehead atoms. The number of carbonyl (C=O) groups is 3. The van der Waals surface area contributed by atoms with Gasteiger partial charge in [-0.2, -0.15) is 0 Å². The second-order valence-corrected chi connectivity index (χ2v) is 18.4. The number of fused-ring (bicyclic) bond motifs is 7. The first-order valence-corrected chi connectivity index (χ1v) is 17.0. The average molecular weight is 599 g/mol. The smallest absolute Gasteiger partial charge is 0.310 e.